The van der Waals surface area contributed by atoms with Crippen LogP contribution in [0.4, 0.5) is 0 Å². The number of halogens is 1. The van der Waals surface area contributed by atoms with E-state index in [-0.39, 0.29) is 30.3 Å². The van der Waals surface area contributed by atoms with Crippen molar-refractivity contribution in [2.75, 3.05) is 13.1 Å². The van der Waals surface area contributed by atoms with Gasteiger partial charge in [-0.15, -0.1) is 12.4 Å². The second-order valence-electron chi connectivity index (χ2n) is 7.88. The molecule has 0 aromatic heterocycles. The van der Waals surface area contributed by atoms with Crippen LogP contribution in [0.5, 0.6) is 0 Å². The first-order valence-electron chi connectivity index (χ1n) is 9.86. The standard InChI is InChI=1S/C23H28N2O.ClH/c24-22-16-25(15-21(22)19-9-5-2-6-10-19)23(26)20-13-11-18(12-14-20)17-7-3-1-4-8-17;/h1-10,18,20-22H,11-16,24H2;1H/t18?,20?,21-,22+;/m0./s1. The number of rotatable bonds is 3. The van der Waals surface area contributed by atoms with Crippen molar-refractivity contribution in [3.63, 3.8) is 0 Å². The number of nitrogens with two attached hydrogens (primary N) is 1. The van der Waals surface area contributed by atoms with Crippen molar-refractivity contribution in [2.24, 2.45) is 11.7 Å². The third kappa shape index (κ3) is 4.36. The molecule has 1 aliphatic carbocycles. The maximum atomic E-state index is 13.0. The summed E-state index contributed by atoms with van der Waals surface area (Å²) >= 11 is 0. The molecule has 27 heavy (non-hydrogen) atoms. The van der Waals surface area contributed by atoms with Crippen LogP contribution in [-0.2, 0) is 4.79 Å². The van der Waals surface area contributed by atoms with E-state index in [1.165, 1.54) is 11.1 Å². The summed E-state index contributed by atoms with van der Waals surface area (Å²) in [4.78, 5) is 15.1. The summed E-state index contributed by atoms with van der Waals surface area (Å²) in [5, 5.41) is 0. The number of amides is 1. The molecule has 0 radical (unpaired) electrons. The lowest BCUT2D eigenvalue weighted by atomic mass is 9.78. The monoisotopic (exact) mass is 384 g/mol. The second-order valence-corrected chi connectivity index (χ2v) is 7.88. The molecule has 1 saturated heterocycles. The molecule has 2 aromatic rings. The zero-order chi connectivity index (χ0) is 17.9. The van der Waals surface area contributed by atoms with E-state index in [1.807, 2.05) is 11.0 Å². The summed E-state index contributed by atoms with van der Waals surface area (Å²) in [6.07, 6.45) is 4.23. The van der Waals surface area contributed by atoms with Gasteiger partial charge in [-0.1, -0.05) is 60.7 Å². The molecule has 2 atom stereocenters. The number of hydrogen-bond donors (Lipinski definition) is 1. The highest BCUT2D eigenvalue weighted by atomic mass is 35.5. The first-order chi connectivity index (χ1) is 12.7. The van der Waals surface area contributed by atoms with Crippen LogP contribution in [0.3, 0.4) is 0 Å². The largest absolute Gasteiger partial charge is 0.340 e. The zero-order valence-corrected chi connectivity index (χ0v) is 16.5. The van der Waals surface area contributed by atoms with Gasteiger partial charge in [0.15, 0.2) is 0 Å². The van der Waals surface area contributed by atoms with Crippen LogP contribution in [0.15, 0.2) is 60.7 Å². The molecule has 1 amide bonds. The van der Waals surface area contributed by atoms with Crippen LogP contribution in [0.2, 0.25) is 0 Å². The van der Waals surface area contributed by atoms with Crippen LogP contribution >= 0.6 is 12.4 Å². The van der Waals surface area contributed by atoms with Gasteiger partial charge < -0.3 is 10.6 Å². The molecule has 0 unspecified atom stereocenters. The van der Waals surface area contributed by atoms with E-state index in [1.54, 1.807) is 0 Å². The maximum absolute atomic E-state index is 13.0. The molecule has 1 saturated carbocycles. The Morgan fingerprint density at radius 2 is 1.37 bits per heavy atom. The average molecular weight is 385 g/mol. The van der Waals surface area contributed by atoms with Crippen LogP contribution < -0.4 is 5.73 Å². The zero-order valence-electron chi connectivity index (χ0n) is 15.7. The molecule has 4 rings (SSSR count). The van der Waals surface area contributed by atoms with Crippen molar-refractivity contribution < 1.29 is 4.79 Å². The van der Waals surface area contributed by atoms with Gasteiger partial charge in [-0.2, -0.15) is 0 Å². The summed E-state index contributed by atoms with van der Waals surface area (Å²) in [6, 6.07) is 21.2. The Morgan fingerprint density at radius 1 is 0.815 bits per heavy atom. The predicted molar refractivity (Wildman–Crippen MR) is 112 cm³/mol. The van der Waals surface area contributed by atoms with E-state index in [2.05, 4.69) is 54.6 Å². The molecule has 2 aliphatic rings. The highest BCUT2D eigenvalue weighted by Gasteiger charge is 2.37. The minimum Gasteiger partial charge on any atom is -0.340 e. The minimum absolute atomic E-state index is 0. The average Bonchev–Trinajstić information content (AvgIpc) is 3.10. The Kier molecular flexibility index (Phi) is 6.56. The number of hydrogen-bond acceptors (Lipinski definition) is 2. The molecule has 2 fully saturated rings. The van der Waals surface area contributed by atoms with Gasteiger partial charge in [0, 0.05) is 31.0 Å². The van der Waals surface area contributed by atoms with E-state index >= 15 is 0 Å². The quantitative estimate of drug-likeness (QED) is 0.855. The van der Waals surface area contributed by atoms with Crippen molar-refractivity contribution in [2.45, 2.75) is 43.6 Å². The Bertz CT molecular complexity index is 729. The Morgan fingerprint density at radius 3 is 1.96 bits per heavy atom. The van der Waals surface area contributed by atoms with Crippen LogP contribution in [0.25, 0.3) is 0 Å². The lowest BCUT2D eigenvalue weighted by molar-refractivity contribution is -0.135. The van der Waals surface area contributed by atoms with Gasteiger partial charge in [0.1, 0.15) is 0 Å². The van der Waals surface area contributed by atoms with Gasteiger partial charge in [0.2, 0.25) is 5.91 Å². The lowest BCUT2D eigenvalue weighted by Crippen LogP contribution is -2.37. The maximum Gasteiger partial charge on any atom is 0.225 e. The molecule has 0 spiro atoms. The molecule has 3 nitrogen and oxygen atoms in total. The number of nitrogens with zero attached hydrogens (tertiary/aromatic N) is 1. The molecule has 4 heteroatoms. The molecule has 1 heterocycles. The van der Waals surface area contributed by atoms with Crippen LogP contribution in [0, 0.1) is 5.92 Å². The highest BCUT2D eigenvalue weighted by molar-refractivity contribution is 5.85. The molecular weight excluding hydrogens is 356 g/mol. The summed E-state index contributed by atoms with van der Waals surface area (Å²) in [5.74, 6) is 1.38. The summed E-state index contributed by atoms with van der Waals surface area (Å²) in [7, 11) is 0. The van der Waals surface area contributed by atoms with Gasteiger partial charge in [-0.25, -0.2) is 0 Å². The van der Waals surface area contributed by atoms with Gasteiger partial charge in [0.25, 0.3) is 0 Å². The number of carbonyl (C=O) groups excluding carboxylic acids is 1. The molecule has 2 N–H and O–H groups in total. The third-order valence-corrected chi connectivity index (χ3v) is 6.25. The fraction of sp³-hybridized carbons (Fsp3) is 0.435. The van der Waals surface area contributed by atoms with Crippen LogP contribution in [0.1, 0.15) is 48.6 Å². The molecule has 0 bridgehead atoms. The van der Waals surface area contributed by atoms with Gasteiger partial charge >= 0.3 is 0 Å². The van der Waals surface area contributed by atoms with Crippen molar-refractivity contribution in [1.29, 1.82) is 0 Å². The highest BCUT2D eigenvalue weighted by Crippen LogP contribution is 2.37. The topological polar surface area (TPSA) is 46.3 Å². The Balaban J connectivity index is 0.00000210. The SMILES string of the molecule is Cl.N[C@@H]1CN(C(=O)C2CCC(c3ccccc3)CC2)C[C@H]1c1ccccc1. The predicted octanol–water partition coefficient (Wildman–Crippen LogP) is 4.34. The van der Waals surface area contributed by atoms with E-state index in [9.17, 15) is 4.79 Å². The summed E-state index contributed by atoms with van der Waals surface area (Å²) in [6.45, 7) is 1.46. The van der Waals surface area contributed by atoms with E-state index in [0.717, 1.165) is 32.2 Å². The summed E-state index contributed by atoms with van der Waals surface area (Å²) < 4.78 is 0. The third-order valence-electron chi connectivity index (χ3n) is 6.25. The fourth-order valence-electron chi connectivity index (χ4n) is 4.72. The van der Waals surface area contributed by atoms with Crippen molar-refractivity contribution in [3.05, 3.63) is 71.8 Å². The Hall–Kier alpha value is -1.84. The summed E-state index contributed by atoms with van der Waals surface area (Å²) in [5.41, 5.74) is 9.05. The number of likely N-dealkylation sites (tertiary alicyclic amines) is 1. The number of benzene rings is 2. The molecule has 2 aromatic carbocycles. The fourth-order valence-corrected chi connectivity index (χ4v) is 4.72. The van der Waals surface area contributed by atoms with Gasteiger partial charge in [-0.05, 0) is 42.7 Å². The van der Waals surface area contributed by atoms with Crippen molar-refractivity contribution in [3.8, 4) is 0 Å². The van der Waals surface area contributed by atoms with E-state index < -0.39 is 0 Å². The second kappa shape index (κ2) is 8.90. The normalized spacial score (nSPS) is 27.8. The van der Waals surface area contributed by atoms with Crippen molar-refractivity contribution in [1.82, 2.24) is 4.90 Å². The Labute approximate surface area is 168 Å². The van der Waals surface area contributed by atoms with Gasteiger partial charge in [-0.3, -0.25) is 4.79 Å². The molecule has 1 aliphatic heterocycles. The minimum atomic E-state index is 0. The first-order valence-corrected chi connectivity index (χ1v) is 9.86. The lowest BCUT2D eigenvalue weighted by Gasteiger charge is -2.30. The smallest absolute Gasteiger partial charge is 0.225 e. The van der Waals surface area contributed by atoms with E-state index in [0.29, 0.717) is 18.4 Å². The molecular formula is C23H29ClN2O. The first kappa shape index (κ1) is 19.9. The number of carbonyl (C=O) groups is 1. The van der Waals surface area contributed by atoms with Gasteiger partial charge in [0.05, 0.1) is 0 Å². The van der Waals surface area contributed by atoms with Crippen LogP contribution in [-0.4, -0.2) is 29.9 Å². The van der Waals surface area contributed by atoms with E-state index in [4.69, 9.17) is 5.73 Å². The van der Waals surface area contributed by atoms with Crippen molar-refractivity contribution >= 4 is 18.3 Å². The molecule has 144 valence electrons.